The molecule has 0 saturated carbocycles. The highest BCUT2D eigenvalue weighted by Crippen LogP contribution is 2.21. The smallest absolute Gasteiger partial charge is 0.276 e. The second kappa shape index (κ2) is 8.05. The first-order valence-electron chi connectivity index (χ1n) is 9.55. The van der Waals surface area contributed by atoms with Crippen molar-refractivity contribution in [3.05, 3.63) is 78.5 Å². The third-order valence-electron chi connectivity index (χ3n) is 4.65. The lowest BCUT2D eigenvalue weighted by Crippen LogP contribution is -2.32. The summed E-state index contributed by atoms with van der Waals surface area (Å²) >= 11 is 0. The van der Waals surface area contributed by atoms with Gasteiger partial charge in [-0.2, -0.15) is 0 Å². The maximum atomic E-state index is 13.2. The van der Waals surface area contributed by atoms with Crippen LogP contribution in [0.4, 0.5) is 5.69 Å². The summed E-state index contributed by atoms with van der Waals surface area (Å²) in [5, 5.41) is 0. The lowest BCUT2D eigenvalue weighted by molar-refractivity contribution is 0.0982. The lowest BCUT2D eigenvalue weighted by Gasteiger charge is -2.22. The summed E-state index contributed by atoms with van der Waals surface area (Å²) in [4.78, 5) is 27.5. The minimum atomic E-state index is -0.0994. The molecule has 2 heterocycles. The molecule has 2 aromatic carbocycles. The van der Waals surface area contributed by atoms with E-state index in [0.717, 1.165) is 29.6 Å². The van der Waals surface area contributed by atoms with Crippen LogP contribution in [0.25, 0.3) is 22.6 Å². The molecule has 0 unspecified atom stereocenters. The van der Waals surface area contributed by atoms with Crippen LogP contribution in [0.2, 0.25) is 0 Å². The van der Waals surface area contributed by atoms with Gasteiger partial charge in [-0.1, -0.05) is 49.7 Å². The zero-order chi connectivity index (χ0) is 19.3. The van der Waals surface area contributed by atoms with E-state index in [9.17, 15) is 4.79 Å². The van der Waals surface area contributed by atoms with Crippen LogP contribution in [0, 0.1) is 0 Å². The van der Waals surface area contributed by atoms with E-state index in [0.29, 0.717) is 23.8 Å². The van der Waals surface area contributed by atoms with Crippen LogP contribution in [0.3, 0.4) is 0 Å². The summed E-state index contributed by atoms with van der Waals surface area (Å²) in [5.41, 5.74) is 3.79. The molecule has 4 rings (SSSR count). The van der Waals surface area contributed by atoms with Crippen molar-refractivity contribution < 1.29 is 4.79 Å². The van der Waals surface area contributed by atoms with Gasteiger partial charge in [0.1, 0.15) is 11.4 Å². The summed E-state index contributed by atoms with van der Waals surface area (Å²) in [6.07, 6.45) is 1.95. The number of aromatic amines is 1. The molecule has 0 atom stereocenters. The van der Waals surface area contributed by atoms with Crippen LogP contribution in [0.15, 0.2) is 72.8 Å². The number of benzene rings is 2. The molecule has 0 aliphatic heterocycles. The Labute approximate surface area is 164 Å². The van der Waals surface area contributed by atoms with Gasteiger partial charge >= 0.3 is 0 Å². The highest BCUT2D eigenvalue weighted by atomic mass is 16.2. The van der Waals surface area contributed by atoms with E-state index >= 15 is 0 Å². The Morgan fingerprint density at radius 3 is 2.50 bits per heavy atom. The SMILES string of the molecule is CCCCN(C(=O)c1cccc(-c2nc3ccccc3[nH]2)n1)c1ccccc1. The summed E-state index contributed by atoms with van der Waals surface area (Å²) in [5.74, 6) is 0.563. The number of para-hydroxylation sites is 3. The number of rotatable bonds is 6. The molecule has 28 heavy (non-hydrogen) atoms. The summed E-state index contributed by atoms with van der Waals surface area (Å²) in [7, 11) is 0. The molecular weight excluding hydrogens is 348 g/mol. The van der Waals surface area contributed by atoms with E-state index in [4.69, 9.17) is 0 Å². The number of fused-ring (bicyclic) bond motifs is 1. The molecule has 0 radical (unpaired) electrons. The molecule has 0 aliphatic rings. The van der Waals surface area contributed by atoms with Gasteiger partial charge in [0.15, 0.2) is 5.82 Å². The van der Waals surface area contributed by atoms with Crippen molar-refractivity contribution in [3.8, 4) is 11.5 Å². The topological polar surface area (TPSA) is 61.9 Å². The van der Waals surface area contributed by atoms with Gasteiger partial charge in [-0.25, -0.2) is 9.97 Å². The van der Waals surface area contributed by atoms with Crippen LogP contribution in [0.1, 0.15) is 30.3 Å². The standard InChI is InChI=1S/C23H22N4O/c1-2-3-16-27(17-10-5-4-6-11-17)23(28)21-15-9-14-20(24-21)22-25-18-12-7-8-13-19(18)26-22/h4-15H,2-3,16H2,1H3,(H,25,26). The fourth-order valence-electron chi connectivity index (χ4n) is 3.17. The van der Waals surface area contributed by atoms with Gasteiger partial charge in [0.05, 0.1) is 11.0 Å². The molecule has 0 fully saturated rings. The van der Waals surface area contributed by atoms with Crippen LogP contribution in [-0.2, 0) is 0 Å². The van der Waals surface area contributed by atoms with Gasteiger partial charge in [0.25, 0.3) is 5.91 Å². The Hall–Kier alpha value is -3.47. The van der Waals surface area contributed by atoms with Crippen molar-refractivity contribution >= 4 is 22.6 Å². The molecule has 0 spiro atoms. The minimum Gasteiger partial charge on any atom is -0.337 e. The normalized spacial score (nSPS) is 10.9. The Bertz CT molecular complexity index is 1050. The first kappa shape index (κ1) is 17.9. The average molecular weight is 370 g/mol. The van der Waals surface area contributed by atoms with Gasteiger partial charge in [-0.05, 0) is 42.8 Å². The van der Waals surface area contributed by atoms with E-state index in [1.165, 1.54) is 0 Å². The number of pyridine rings is 1. The maximum absolute atomic E-state index is 13.2. The number of nitrogens with zero attached hydrogens (tertiary/aromatic N) is 3. The fraction of sp³-hybridized carbons (Fsp3) is 0.174. The van der Waals surface area contributed by atoms with Crippen molar-refractivity contribution in [1.29, 1.82) is 0 Å². The lowest BCUT2D eigenvalue weighted by atomic mass is 10.2. The van der Waals surface area contributed by atoms with Crippen molar-refractivity contribution in [2.75, 3.05) is 11.4 Å². The molecule has 5 heteroatoms. The molecule has 0 bridgehead atoms. The second-order valence-corrected chi connectivity index (χ2v) is 6.66. The second-order valence-electron chi connectivity index (χ2n) is 6.66. The molecule has 140 valence electrons. The monoisotopic (exact) mass is 370 g/mol. The van der Waals surface area contributed by atoms with Gasteiger partial charge in [0, 0.05) is 12.2 Å². The predicted molar refractivity (Wildman–Crippen MR) is 112 cm³/mol. The third-order valence-corrected chi connectivity index (χ3v) is 4.65. The van der Waals surface area contributed by atoms with Crippen LogP contribution in [0.5, 0.6) is 0 Å². The molecular formula is C23H22N4O. The molecule has 4 aromatic rings. The minimum absolute atomic E-state index is 0.0994. The number of carbonyl (C=O) groups is 1. The van der Waals surface area contributed by atoms with Crippen molar-refractivity contribution in [1.82, 2.24) is 15.0 Å². The average Bonchev–Trinajstić information content (AvgIpc) is 3.19. The molecule has 1 N–H and O–H groups in total. The Balaban J connectivity index is 1.67. The number of hydrogen-bond acceptors (Lipinski definition) is 3. The van der Waals surface area contributed by atoms with Gasteiger partial charge in [-0.15, -0.1) is 0 Å². The molecule has 2 aromatic heterocycles. The van der Waals surface area contributed by atoms with E-state index in [-0.39, 0.29) is 5.91 Å². The summed E-state index contributed by atoms with van der Waals surface area (Å²) in [6.45, 7) is 2.78. The van der Waals surface area contributed by atoms with E-state index in [1.54, 1.807) is 11.0 Å². The van der Waals surface area contributed by atoms with Gasteiger partial charge in [0.2, 0.25) is 0 Å². The molecule has 0 saturated heterocycles. The third kappa shape index (κ3) is 3.64. The molecule has 0 aliphatic carbocycles. The van der Waals surface area contributed by atoms with Crippen molar-refractivity contribution in [2.24, 2.45) is 0 Å². The van der Waals surface area contributed by atoms with Gasteiger partial charge in [-0.3, -0.25) is 4.79 Å². The zero-order valence-electron chi connectivity index (χ0n) is 15.8. The first-order chi connectivity index (χ1) is 13.8. The number of nitrogens with one attached hydrogen (secondary N) is 1. The van der Waals surface area contributed by atoms with E-state index in [2.05, 4.69) is 21.9 Å². The Kier molecular flexibility index (Phi) is 5.15. The highest BCUT2D eigenvalue weighted by Gasteiger charge is 2.19. The number of hydrogen-bond donors (Lipinski definition) is 1. The Morgan fingerprint density at radius 2 is 1.71 bits per heavy atom. The van der Waals surface area contributed by atoms with E-state index < -0.39 is 0 Å². The van der Waals surface area contributed by atoms with Crippen molar-refractivity contribution in [2.45, 2.75) is 19.8 Å². The number of H-pyrrole nitrogens is 1. The maximum Gasteiger partial charge on any atom is 0.276 e. The summed E-state index contributed by atoms with van der Waals surface area (Å²) < 4.78 is 0. The number of aromatic nitrogens is 3. The predicted octanol–water partition coefficient (Wildman–Crippen LogP) is 5.07. The first-order valence-corrected chi connectivity index (χ1v) is 9.55. The van der Waals surface area contributed by atoms with Gasteiger partial charge < -0.3 is 9.88 Å². The number of carbonyl (C=O) groups excluding carboxylic acids is 1. The van der Waals surface area contributed by atoms with Crippen LogP contribution < -0.4 is 4.90 Å². The van der Waals surface area contributed by atoms with E-state index in [1.807, 2.05) is 66.7 Å². The Morgan fingerprint density at radius 1 is 0.929 bits per heavy atom. The number of imidazole rings is 1. The highest BCUT2D eigenvalue weighted by molar-refractivity contribution is 6.05. The number of unbranched alkanes of at least 4 members (excludes halogenated alkanes) is 1. The number of anilines is 1. The quantitative estimate of drug-likeness (QED) is 0.515. The number of amides is 1. The summed E-state index contributed by atoms with van der Waals surface area (Å²) in [6, 6.07) is 23.1. The van der Waals surface area contributed by atoms with Crippen LogP contribution in [-0.4, -0.2) is 27.4 Å². The largest absolute Gasteiger partial charge is 0.337 e. The van der Waals surface area contributed by atoms with Crippen molar-refractivity contribution in [3.63, 3.8) is 0 Å². The fourth-order valence-corrected chi connectivity index (χ4v) is 3.17. The van der Waals surface area contributed by atoms with Crippen LogP contribution >= 0.6 is 0 Å². The zero-order valence-corrected chi connectivity index (χ0v) is 15.8. The molecule has 5 nitrogen and oxygen atoms in total. The molecule has 1 amide bonds.